The van der Waals surface area contributed by atoms with E-state index in [9.17, 15) is 22.0 Å². The van der Waals surface area contributed by atoms with Crippen molar-refractivity contribution >= 4 is 27.0 Å². The molecule has 0 saturated carbocycles. The Morgan fingerprint density at radius 2 is 1.45 bits per heavy atom. The summed E-state index contributed by atoms with van der Waals surface area (Å²) in [7, 11) is -6.32. The summed E-state index contributed by atoms with van der Waals surface area (Å²) in [6, 6.07) is 20.7. The largest absolute Gasteiger partial charge is 0.424 e. The second-order valence-electron chi connectivity index (χ2n) is 15.5. The second-order valence-corrected chi connectivity index (χ2v) is 19.0. The van der Waals surface area contributed by atoms with E-state index in [-0.39, 0.29) is 22.7 Å². The van der Waals surface area contributed by atoms with Crippen molar-refractivity contribution in [1.29, 1.82) is 0 Å². The quantitative estimate of drug-likeness (QED) is 0.0898. The number of aryl methyl sites for hydroxylation is 2. The van der Waals surface area contributed by atoms with Gasteiger partial charge >= 0.3 is 21.3 Å². The monoisotopic (exact) mass is 749 g/mol. The van der Waals surface area contributed by atoms with Crippen LogP contribution in [0.25, 0.3) is 0 Å². The van der Waals surface area contributed by atoms with Crippen molar-refractivity contribution in [2.24, 2.45) is 11.3 Å². The maximum atomic E-state index is 13.9. The number of esters is 1. The third-order valence-corrected chi connectivity index (χ3v) is 12.4. The average molecular weight is 750 g/mol. The van der Waals surface area contributed by atoms with E-state index in [0.29, 0.717) is 23.7 Å². The lowest BCUT2D eigenvalue weighted by molar-refractivity contribution is -0.337. The molecule has 0 radical (unpaired) electrons. The molecular weight excluding hydrogens is 699 g/mol. The first-order valence-electron chi connectivity index (χ1n) is 16.9. The summed E-state index contributed by atoms with van der Waals surface area (Å²) in [5, 5.41) is -4.60. The predicted octanol–water partition coefficient (Wildman–Crippen LogP) is 8.76. The number of carbonyl (C=O) groups excluding carboxylic acids is 1. The van der Waals surface area contributed by atoms with Crippen LogP contribution in [0, 0.1) is 25.2 Å². The topological polar surface area (TPSA) is 108 Å². The Balaban J connectivity index is 1.67. The van der Waals surface area contributed by atoms with Crippen LogP contribution >= 0.6 is 0 Å². The lowest BCUT2D eigenvalue weighted by Gasteiger charge is -2.49. The van der Waals surface area contributed by atoms with E-state index in [4.69, 9.17) is 23.5 Å². The first-order valence-corrected chi connectivity index (χ1v) is 19.6. The van der Waals surface area contributed by atoms with E-state index in [0.717, 1.165) is 27.2 Å². The highest BCUT2D eigenvalue weighted by atomic mass is 32.2. The fraction of sp³-hybridized carbons (Fsp3) is 0.513. The Bertz CT molecular complexity index is 1790. The van der Waals surface area contributed by atoms with Gasteiger partial charge in [0, 0.05) is 23.1 Å². The number of halogens is 2. The number of ether oxygens (including phenoxy) is 4. The number of benzene rings is 3. The van der Waals surface area contributed by atoms with Gasteiger partial charge in [-0.3, -0.25) is 4.55 Å². The Kier molecular flexibility index (Phi) is 11.9. The molecular formula is C39H51F2O8S2+. The number of alkyl halides is 2. The zero-order chi connectivity index (χ0) is 38.3. The first kappa shape index (κ1) is 40.9. The van der Waals surface area contributed by atoms with Gasteiger partial charge in [0.1, 0.15) is 18.5 Å². The summed E-state index contributed by atoms with van der Waals surface area (Å²) in [5.74, 6) is -1.35. The van der Waals surface area contributed by atoms with Gasteiger partial charge in [-0.1, -0.05) is 60.6 Å². The standard InChI is InChI=1S/C39H50F2O8S2/c1-24(2)35-37(9,10)23-47-38(11,49-35)29-14-18-31(19-15-29)50(30-16-12-28(13-17-30)36(6,7)8)32-20-25(3)34(26(4)21-32)48-33(42)22-46-27(5)39(40,41)51(43,44)45/h12-21,24,27,35H,22-23H2,1-11H3/p+1. The number of carbonyl (C=O) groups is 1. The van der Waals surface area contributed by atoms with Crippen LogP contribution in [0.4, 0.5) is 8.78 Å². The molecule has 280 valence electrons. The minimum Gasteiger partial charge on any atom is -0.424 e. The maximum absolute atomic E-state index is 13.9. The van der Waals surface area contributed by atoms with Gasteiger partial charge in [0.25, 0.3) is 0 Å². The summed E-state index contributed by atoms with van der Waals surface area (Å²) in [6.07, 6.45) is -2.28. The minimum absolute atomic E-state index is 0.0121. The molecule has 12 heteroatoms. The van der Waals surface area contributed by atoms with Gasteiger partial charge in [0.2, 0.25) is 0 Å². The van der Waals surface area contributed by atoms with Crippen molar-refractivity contribution in [3.05, 3.63) is 82.9 Å². The SMILES string of the molecule is Cc1cc([S+](c2ccc(C(C)(C)C)cc2)c2ccc(C3(C)OCC(C)(C)C(C(C)C)O3)cc2)cc(C)c1OC(=O)COC(C)C(F)(F)S(=O)(=O)O. The third kappa shape index (κ3) is 9.03. The van der Waals surface area contributed by atoms with E-state index in [1.807, 2.05) is 19.1 Å². The second kappa shape index (κ2) is 14.9. The van der Waals surface area contributed by atoms with E-state index in [2.05, 4.69) is 97.0 Å². The first-order chi connectivity index (χ1) is 23.4. The summed E-state index contributed by atoms with van der Waals surface area (Å²) in [6.45, 7) is 21.0. The van der Waals surface area contributed by atoms with Crippen LogP contribution in [0.15, 0.2) is 75.4 Å². The fourth-order valence-corrected chi connectivity index (χ4v) is 8.97. The van der Waals surface area contributed by atoms with Crippen molar-refractivity contribution in [3.8, 4) is 5.75 Å². The molecule has 4 rings (SSSR count). The minimum atomic E-state index is -5.73. The number of rotatable bonds is 11. The molecule has 4 unspecified atom stereocenters. The molecule has 0 spiro atoms. The summed E-state index contributed by atoms with van der Waals surface area (Å²) in [4.78, 5) is 15.7. The summed E-state index contributed by atoms with van der Waals surface area (Å²) in [5.41, 5.74) is 3.23. The normalized spacial score (nSPS) is 21.0. The fourth-order valence-electron chi connectivity index (χ4n) is 6.26. The summed E-state index contributed by atoms with van der Waals surface area (Å²) >= 11 is 0. The van der Waals surface area contributed by atoms with Gasteiger partial charge in [-0.25, -0.2) is 4.79 Å². The number of hydrogen-bond acceptors (Lipinski definition) is 7. The van der Waals surface area contributed by atoms with E-state index < -0.39 is 50.7 Å². The molecule has 1 aliphatic rings. The molecule has 0 amide bonds. The van der Waals surface area contributed by atoms with Crippen LogP contribution < -0.4 is 4.74 Å². The van der Waals surface area contributed by atoms with Gasteiger partial charge in [0.05, 0.1) is 23.6 Å². The highest BCUT2D eigenvalue weighted by Crippen LogP contribution is 2.44. The Morgan fingerprint density at radius 3 is 1.92 bits per heavy atom. The van der Waals surface area contributed by atoms with E-state index >= 15 is 0 Å². The Hall–Kier alpha value is -2.87. The van der Waals surface area contributed by atoms with Crippen LogP contribution in [0.1, 0.15) is 84.6 Å². The van der Waals surface area contributed by atoms with Crippen LogP contribution in [-0.4, -0.2) is 49.6 Å². The molecule has 1 aliphatic heterocycles. The highest BCUT2D eigenvalue weighted by Gasteiger charge is 2.51. The van der Waals surface area contributed by atoms with Crippen LogP contribution in [-0.2, 0) is 51.2 Å². The van der Waals surface area contributed by atoms with Gasteiger partial charge in [-0.15, -0.1) is 0 Å². The van der Waals surface area contributed by atoms with Gasteiger partial charge in [0.15, 0.2) is 20.5 Å². The molecule has 1 heterocycles. The molecule has 3 aromatic rings. The molecule has 8 nitrogen and oxygen atoms in total. The van der Waals surface area contributed by atoms with E-state index in [1.165, 1.54) is 5.56 Å². The molecule has 51 heavy (non-hydrogen) atoms. The highest BCUT2D eigenvalue weighted by molar-refractivity contribution is 7.97. The smallest absolute Gasteiger partial charge is 0.394 e. The average Bonchev–Trinajstić information content (AvgIpc) is 3.02. The Labute approximate surface area is 304 Å². The van der Waals surface area contributed by atoms with E-state index in [1.54, 1.807) is 13.8 Å². The number of hydrogen-bond donors (Lipinski definition) is 1. The van der Waals surface area contributed by atoms with Crippen molar-refractivity contribution in [3.63, 3.8) is 0 Å². The van der Waals surface area contributed by atoms with Gasteiger partial charge in [-0.05, 0) is 92.1 Å². The molecule has 4 atom stereocenters. The molecule has 0 bridgehead atoms. The molecule has 1 fully saturated rings. The molecule has 3 aromatic carbocycles. The lowest BCUT2D eigenvalue weighted by Crippen LogP contribution is -2.52. The van der Waals surface area contributed by atoms with Gasteiger partial charge in [-0.2, -0.15) is 17.2 Å². The van der Waals surface area contributed by atoms with Crippen molar-refractivity contribution in [2.45, 2.75) is 120 Å². The molecule has 1 saturated heterocycles. The van der Waals surface area contributed by atoms with Crippen LogP contribution in [0.5, 0.6) is 5.75 Å². The Morgan fingerprint density at radius 1 is 0.941 bits per heavy atom. The lowest BCUT2D eigenvalue weighted by atomic mass is 9.80. The zero-order valence-electron chi connectivity index (χ0n) is 31.3. The van der Waals surface area contributed by atoms with Crippen molar-refractivity contribution in [1.82, 2.24) is 0 Å². The summed E-state index contributed by atoms with van der Waals surface area (Å²) < 4.78 is 81.9. The molecule has 1 N–H and O–H groups in total. The predicted molar refractivity (Wildman–Crippen MR) is 194 cm³/mol. The van der Waals surface area contributed by atoms with Gasteiger partial charge < -0.3 is 18.9 Å². The maximum Gasteiger partial charge on any atom is 0.394 e. The van der Waals surface area contributed by atoms with Crippen molar-refractivity contribution < 1.29 is 45.5 Å². The van der Waals surface area contributed by atoms with Crippen LogP contribution in [0.2, 0.25) is 0 Å². The third-order valence-electron chi connectivity index (χ3n) is 9.17. The molecule has 0 aliphatic carbocycles. The molecule has 0 aromatic heterocycles. The van der Waals surface area contributed by atoms with Crippen molar-refractivity contribution in [2.75, 3.05) is 13.2 Å². The zero-order valence-corrected chi connectivity index (χ0v) is 32.9. The van der Waals surface area contributed by atoms with Crippen LogP contribution in [0.3, 0.4) is 0 Å².